The maximum Gasteiger partial charge on any atom is 0.128 e. The maximum absolute atomic E-state index is 13.1. The molecule has 0 radical (unpaired) electrons. The molecule has 0 bridgehead atoms. The van der Waals surface area contributed by atoms with E-state index in [1.54, 1.807) is 16.8 Å². The van der Waals surface area contributed by atoms with Crippen LogP contribution in [0.3, 0.4) is 0 Å². The molecule has 17 heavy (non-hydrogen) atoms. The number of aromatic nitrogens is 2. The van der Waals surface area contributed by atoms with Crippen molar-refractivity contribution in [1.82, 2.24) is 9.55 Å². The smallest absolute Gasteiger partial charge is 0.128 e. The van der Waals surface area contributed by atoms with Gasteiger partial charge in [-0.25, -0.2) is 9.37 Å². The molecule has 1 N–H and O–H groups in total. The number of hydrogen-bond donors (Lipinski definition) is 1. The van der Waals surface area contributed by atoms with Gasteiger partial charge in [-0.2, -0.15) is 0 Å². The van der Waals surface area contributed by atoms with Crippen molar-refractivity contribution in [2.75, 3.05) is 5.32 Å². The number of halogens is 2. The molecule has 2 aromatic rings. The lowest BCUT2D eigenvalue weighted by Gasteiger charge is -2.09. The monoisotopic (exact) mass is 253 g/mol. The van der Waals surface area contributed by atoms with Crippen LogP contribution < -0.4 is 5.32 Å². The van der Waals surface area contributed by atoms with Gasteiger partial charge in [0.25, 0.3) is 0 Å². The van der Waals surface area contributed by atoms with Crippen molar-refractivity contribution < 1.29 is 4.39 Å². The summed E-state index contributed by atoms with van der Waals surface area (Å²) in [6.07, 6.45) is 1.59. The summed E-state index contributed by atoms with van der Waals surface area (Å²) in [6, 6.07) is 4.65. The zero-order valence-electron chi connectivity index (χ0n) is 9.67. The van der Waals surface area contributed by atoms with Gasteiger partial charge in [-0.3, -0.25) is 0 Å². The van der Waals surface area contributed by atoms with E-state index in [0.29, 0.717) is 11.7 Å². The summed E-state index contributed by atoms with van der Waals surface area (Å²) in [7, 11) is 1.84. The van der Waals surface area contributed by atoms with E-state index in [9.17, 15) is 4.39 Å². The van der Waals surface area contributed by atoms with Crippen molar-refractivity contribution in [2.45, 2.75) is 13.5 Å². The third-order valence-electron chi connectivity index (χ3n) is 2.66. The van der Waals surface area contributed by atoms with E-state index in [1.165, 1.54) is 12.1 Å². The molecular weight excluding hydrogens is 241 g/mol. The number of hydrogen-bond acceptors (Lipinski definition) is 2. The first-order valence-corrected chi connectivity index (χ1v) is 5.62. The first-order valence-electron chi connectivity index (χ1n) is 5.24. The summed E-state index contributed by atoms with van der Waals surface area (Å²) in [5, 5.41) is 3.72. The van der Waals surface area contributed by atoms with Crippen molar-refractivity contribution in [3.63, 3.8) is 0 Å². The molecule has 5 heteroatoms. The lowest BCUT2D eigenvalue weighted by Crippen LogP contribution is -2.07. The number of aryl methyl sites for hydroxylation is 1. The van der Waals surface area contributed by atoms with Crippen molar-refractivity contribution in [3.8, 4) is 0 Å². The van der Waals surface area contributed by atoms with Crippen LogP contribution in [0, 0.1) is 12.7 Å². The third-order valence-corrected chi connectivity index (χ3v) is 3.02. The second-order valence-electron chi connectivity index (χ2n) is 3.87. The molecule has 0 aliphatic rings. The van der Waals surface area contributed by atoms with Gasteiger partial charge in [0, 0.05) is 12.7 Å². The van der Waals surface area contributed by atoms with Gasteiger partial charge in [-0.05, 0) is 24.6 Å². The Balaban J connectivity index is 2.12. The minimum atomic E-state index is -0.254. The van der Waals surface area contributed by atoms with E-state index >= 15 is 0 Å². The molecule has 0 unspecified atom stereocenters. The van der Waals surface area contributed by atoms with Crippen LogP contribution in [-0.2, 0) is 13.6 Å². The normalized spacial score (nSPS) is 10.6. The number of rotatable bonds is 3. The SMILES string of the molecule is Cc1ccc(F)cc1NCc1ncc(Cl)n1C. The summed E-state index contributed by atoms with van der Waals surface area (Å²) in [6.45, 7) is 2.43. The highest BCUT2D eigenvalue weighted by atomic mass is 35.5. The summed E-state index contributed by atoms with van der Waals surface area (Å²) < 4.78 is 14.9. The molecule has 0 atom stereocenters. The van der Waals surface area contributed by atoms with Crippen molar-refractivity contribution in [1.29, 1.82) is 0 Å². The summed E-state index contributed by atoms with van der Waals surface area (Å²) in [5.41, 5.74) is 1.76. The quantitative estimate of drug-likeness (QED) is 0.911. The number of nitrogens with one attached hydrogen (secondary N) is 1. The summed E-state index contributed by atoms with van der Waals surface area (Å²) >= 11 is 5.88. The lowest BCUT2D eigenvalue weighted by molar-refractivity contribution is 0.627. The molecule has 90 valence electrons. The predicted octanol–water partition coefficient (Wildman–Crippen LogP) is 3.13. The zero-order chi connectivity index (χ0) is 12.4. The van der Waals surface area contributed by atoms with Gasteiger partial charge in [0.2, 0.25) is 0 Å². The van der Waals surface area contributed by atoms with Gasteiger partial charge in [-0.1, -0.05) is 17.7 Å². The van der Waals surface area contributed by atoms with Gasteiger partial charge in [0.1, 0.15) is 16.8 Å². The maximum atomic E-state index is 13.1. The molecule has 0 aliphatic heterocycles. The van der Waals surface area contributed by atoms with E-state index in [4.69, 9.17) is 11.6 Å². The minimum absolute atomic E-state index is 0.254. The van der Waals surface area contributed by atoms with Gasteiger partial charge in [0.05, 0.1) is 12.7 Å². The largest absolute Gasteiger partial charge is 0.378 e. The Kier molecular flexibility index (Phi) is 3.33. The second kappa shape index (κ2) is 4.75. The molecule has 3 nitrogen and oxygen atoms in total. The van der Waals surface area contributed by atoms with Crippen LogP contribution in [0.2, 0.25) is 5.15 Å². The number of anilines is 1. The topological polar surface area (TPSA) is 29.9 Å². The van der Waals surface area contributed by atoms with Crippen LogP contribution in [0.1, 0.15) is 11.4 Å². The van der Waals surface area contributed by atoms with Crippen LogP contribution in [0.5, 0.6) is 0 Å². The molecule has 0 aliphatic carbocycles. The van der Waals surface area contributed by atoms with Crippen LogP contribution in [0.15, 0.2) is 24.4 Å². The van der Waals surface area contributed by atoms with E-state index < -0.39 is 0 Å². The molecule has 0 amide bonds. The van der Waals surface area contributed by atoms with Gasteiger partial charge in [0.15, 0.2) is 0 Å². The molecule has 0 saturated heterocycles. The fraction of sp³-hybridized carbons (Fsp3) is 0.250. The van der Waals surface area contributed by atoms with Crippen LogP contribution in [0.25, 0.3) is 0 Å². The minimum Gasteiger partial charge on any atom is -0.378 e. The first kappa shape index (κ1) is 11.9. The molecule has 2 rings (SSSR count). The Morgan fingerprint density at radius 2 is 2.24 bits per heavy atom. The fourth-order valence-corrected chi connectivity index (χ4v) is 1.69. The van der Waals surface area contributed by atoms with Gasteiger partial charge in [-0.15, -0.1) is 0 Å². The van der Waals surface area contributed by atoms with Crippen LogP contribution >= 0.6 is 11.6 Å². The molecule has 1 aromatic carbocycles. The number of benzene rings is 1. The molecule has 1 aromatic heterocycles. The Morgan fingerprint density at radius 1 is 1.47 bits per heavy atom. The molecule has 0 spiro atoms. The molecular formula is C12H13ClFN3. The Hall–Kier alpha value is -1.55. The first-order chi connectivity index (χ1) is 8.08. The number of imidazole rings is 1. The van der Waals surface area contributed by atoms with Crippen LogP contribution in [-0.4, -0.2) is 9.55 Å². The van der Waals surface area contributed by atoms with Gasteiger partial charge < -0.3 is 9.88 Å². The zero-order valence-corrected chi connectivity index (χ0v) is 10.4. The second-order valence-corrected chi connectivity index (χ2v) is 4.26. The standard InChI is InChI=1S/C12H13ClFN3/c1-8-3-4-9(14)5-10(8)15-7-12-16-6-11(13)17(12)2/h3-6,15H,7H2,1-2H3. The molecule has 0 saturated carbocycles. The van der Waals surface area contributed by atoms with E-state index in [-0.39, 0.29) is 5.82 Å². The van der Waals surface area contributed by atoms with Crippen molar-refractivity contribution >= 4 is 17.3 Å². The van der Waals surface area contributed by atoms with E-state index in [2.05, 4.69) is 10.3 Å². The lowest BCUT2D eigenvalue weighted by atomic mass is 10.2. The average molecular weight is 254 g/mol. The Bertz CT molecular complexity index is 537. The Morgan fingerprint density at radius 3 is 2.88 bits per heavy atom. The van der Waals surface area contributed by atoms with Crippen LogP contribution in [0.4, 0.5) is 10.1 Å². The highest BCUT2D eigenvalue weighted by molar-refractivity contribution is 6.29. The summed E-state index contributed by atoms with van der Waals surface area (Å²) in [4.78, 5) is 4.16. The Labute approximate surface area is 104 Å². The molecule has 1 heterocycles. The fourth-order valence-electron chi connectivity index (χ4n) is 1.55. The highest BCUT2D eigenvalue weighted by Crippen LogP contribution is 2.17. The molecule has 0 fully saturated rings. The van der Waals surface area contributed by atoms with E-state index in [1.807, 2.05) is 14.0 Å². The third kappa shape index (κ3) is 2.58. The summed E-state index contributed by atoms with van der Waals surface area (Å²) in [5.74, 6) is 0.551. The van der Waals surface area contributed by atoms with Crippen molar-refractivity contribution in [2.24, 2.45) is 7.05 Å². The highest BCUT2D eigenvalue weighted by Gasteiger charge is 2.05. The van der Waals surface area contributed by atoms with Gasteiger partial charge >= 0.3 is 0 Å². The predicted molar refractivity (Wildman–Crippen MR) is 66.7 cm³/mol. The van der Waals surface area contributed by atoms with E-state index in [0.717, 1.165) is 17.1 Å². The van der Waals surface area contributed by atoms with Crippen molar-refractivity contribution in [3.05, 3.63) is 46.8 Å². The average Bonchev–Trinajstić information content (AvgIpc) is 2.62. The number of nitrogens with zero attached hydrogens (tertiary/aromatic N) is 2.